The van der Waals surface area contributed by atoms with Crippen LogP contribution in [0.2, 0.25) is 10.0 Å². The van der Waals surface area contributed by atoms with E-state index in [9.17, 15) is 4.79 Å². The number of nitrogen functional groups attached to an aromatic ring is 1. The second-order valence-electron chi connectivity index (χ2n) is 4.70. The zero-order valence-corrected chi connectivity index (χ0v) is 11.5. The van der Waals surface area contributed by atoms with E-state index in [1.807, 2.05) is 0 Å². The Labute approximate surface area is 117 Å². The summed E-state index contributed by atoms with van der Waals surface area (Å²) in [4.78, 5) is 11.9. The molecule has 3 N–H and O–H groups in total. The summed E-state index contributed by atoms with van der Waals surface area (Å²) in [6.45, 7) is 0.698. The number of hydrogen-bond acceptors (Lipinski definition) is 2. The van der Waals surface area contributed by atoms with E-state index in [0.717, 1.165) is 12.3 Å². The van der Waals surface area contributed by atoms with Gasteiger partial charge in [0.2, 0.25) is 0 Å². The molecule has 0 radical (unpaired) electrons. The van der Waals surface area contributed by atoms with E-state index in [2.05, 4.69) is 5.32 Å². The number of halogens is 2. The van der Waals surface area contributed by atoms with E-state index in [1.54, 1.807) is 12.1 Å². The lowest BCUT2D eigenvalue weighted by atomic mass is 9.83. The van der Waals surface area contributed by atoms with Gasteiger partial charge in [-0.05, 0) is 24.5 Å². The molecule has 1 fully saturated rings. The number of nitrogens with one attached hydrogen (secondary N) is 1. The van der Waals surface area contributed by atoms with Crippen molar-refractivity contribution in [2.75, 3.05) is 12.3 Å². The molecule has 1 amide bonds. The third-order valence-electron chi connectivity index (χ3n) is 3.40. The fourth-order valence-electron chi connectivity index (χ4n) is 1.99. The number of rotatable bonds is 4. The molecule has 0 bridgehead atoms. The lowest BCUT2D eigenvalue weighted by Crippen LogP contribution is -2.27. The van der Waals surface area contributed by atoms with Gasteiger partial charge in [-0.15, -0.1) is 0 Å². The summed E-state index contributed by atoms with van der Waals surface area (Å²) in [5.41, 5.74) is 6.38. The van der Waals surface area contributed by atoms with Gasteiger partial charge in [0.15, 0.2) is 0 Å². The first-order chi connectivity index (χ1) is 8.58. The lowest BCUT2D eigenvalue weighted by molar-refractivity contribution is 0.0949. The van der Waals surface area contributed by atoms with Gasteiger partial charge in [0, 0.05) is 12.1 Å². The highest BCUT2D eigenvalue weighted by atomic mass is 35.5. The molecule has 1 aliphatic carbocycles. The van der Waals surface area contributed by atoms with Crippen molar-refractivity contribution < 1.29 is 4.79 Å². The first kappa shape index (κ1) is 13.5. The van der Waals surface area contributed by atoms with Crippen molar-refractivity contribution in [1.29, 1.82) is 0 Å². The Kier molecular flexibility index (Phi) is 4.36. The molecule has 0 unspecified atom stereocenters. The molecule has 0 aliphatic heterocycles. The van der Waals surface area contributed by atoms with E-state index in [4.69, 9.17) is 28.9 Å². The molecule has 2 rings (SSSR count). The molecule has 5 heteroatoms. The van der Waals surface area contributed by atoms with E-state index in [-0.39, 0.29) is 5.91 Å². The largest absolute Gasteiger partial charge is 0.396 e. The SMILES string of the molecule is Nc1c(Cl)cc(C(=O)NCCC2CCC2)cc1Cl. The van der Waals surface area contributed by atoms with Gasteiger partial charge in [0.1, 0.15) is 0 Å². The Morgan fingerprint density at radius 2 is 1.94 bits per heavy atom. The minimum atomic E-state index is -0.155. The van der Waals surface area contributed by atoms with Crippen molar-refractivity contribution in [3.63, 3.8) is 0 Å². The van der Waals surface area contributed by atoms with Gasteiger partial charge < -0.3 is 11.1 Å². The Balaban J connectivity index is 1.91. The predicted octanol–water partition coefficient (Wildman–Crippen LogP) is 3.50. The summed E-state index contributed by atoms with van der Waals surface area (Å²) in [7, 11) is 0. The number of anilines is 1. The Hall–Kier alpha value is -0.930. The fraction of sp³-hybridized carbons (Fsp3) is 0.462. The number of nitrogens with two attached hydrogens (primary N) is 1. The number of benzene rings is 1. The molecule has 0 heterocycles. The minimum Gasteiger partial charge on any atom is -0.396 e. The van der Waals surface area contributed by atoms with Crippen molar-refractivity contribution in [3.8, 4) is 0 Å². The molecule has 3 nitrogen and oxygen atoms in total. The molecule has 0 aromatic heterocycles. The third-order valence-corrected chi connectivity index (χ3v) is 4.03. The highest BCUT2D eigenvalue weighted by Gasteiger charge is 2.17. The van der Waals surface area contributed by atoms with Crippen LogP contribution in [0.4, 0.5) is 5.69 Å². The molecule has 1 saturated carbocycles. The molecule has 0 atom stereocenters. The number of carbonyl (C=O) groups excluding carboxylic acids is 1. The molecule has 0 spiro atoms. The number of hydrogen-bond donors (Lipinski definition) is 2. The standard InChI is InChI=1S/C13H16Cl2N2O/c14-10-6-9(7-11(15)12(10)16)13(18)17-5-4-8-2-1-3-8/h6-8H,1-5,16H2,(H,17,18). The molecular weight excluding hydrogens is 271 g/mol. The quantitative estimate of drug-likeness (QED) is 0.833. The average Bonchev–Trinajstić information content (AvgIpc) is 2.28. The van der Waals surface area contributed by atoms with E-state index >= 15 is 0 Å². The summed E-state index contributed by atoms with van der Waals surface area (Å²) < 4.78 is 0. The maximum absolute atomic E-state index is 11.9. The molecule has 1 aromatic carbocycles. The minimum absolute atomic E-state index is 0.155. The van der Waals surface area contributed by atoms with Crippen LogP contribution in [0.15, 0.2) is 12.1 Å². The van der Waals surface area contributed by atoms with Crippen molar-refractivity contribution in [2.24, 2.45) is 5.92 Å². The van der Waals surface area contributed by atoms with Crippen molar-refractivity contribution in [1.82, 2.24) is 5.32 Å². The zero-order valence-electron chi connectivity index (χ0n) is 10.0. The van der Waals surface area contributed by atoms with Crippen LogP contribution in [-0.2, 0) is 0 Å². The van der Waals surface area contributed by atoms with E-state index in [1.165, 1.54) is 19.3 Å². The van der Waals surface area contributed by atoms with Crippen molar-refractivity contribution in [2.45, 2.75) is 25.7 Å². The number of amides is 1. The molecular formula is C13H16Cl2N2O. The number of carbonyl (C=O) groups is 1. The second-order valence-corrected chi connectivity index (χ2v) is 5.51. The topological polar surface area (TPSA) is 55.1 Å². The highest BCUT2D eigenvalue weighted by Crippen LogP contribution is 2.30. The zero-order chi connectivity index (χ0) is 13.1. The lowest BCUT2D eigenvalue weighted by Gasteiger charge is -2.25. The molecule has 0 saturated heterocycles. The highest BCUT2D eigenvalue weighted by molar-refractivity contribution is 6.39. The van der Waals surface area contributed by atoms with Crippen LogP contribution < -0.4 is 11.1 Å². The van der Waals surface area contributed by atoms with E-state index in [0.29, 0.717) is 27.8 Å². The van der Waals surface area contributed by atoms with Crippen LogP contribution in [0.5, 0.6) is 0 Å². The van der Waals surface area contributed by atoms with Gasteiger partial charge in [-0.25, -0.2) is 0 Å². The summed E-state index contributed by atoms with van der Waals surface area (Å²) in [6, 6.07) is 3.09. The van der Waals surface area contributed by atoms with Crippen LogP contribution in [-0.4, -0.2) is 12.5 Å². The van der Waals surface area contributed by atoms with Crippen molar-refractivity contribution in [3.05, 3.63) is 27.7 Å². The van der Waals surface area contributed by atoms with Crippen LogP contribution >= 0.6 is 23.2 Å². The van der Waals surface area contributed by atoms with Crippen LogP contribution in [0.25, 0.3) is 0 Å². The van der Waals surface area contributed by atoms with Gasteiger partial charge in [0.05, 0.1) is 15.7 Å². The van der Waals surface area contributed by atoms with Gasteiger partial charge in [-0.1, -0.05) is 42.5 Å². The summed E-state index contributed by atoms with van der Waals surface area (Å²) in [5.74, 6) is 0.627. The summed E-state index contributed by atoms with van der Waals surface area (Å²) in [5, 5.41) is 3.50. The van der Waals surface area contributed by atoms with Crippen LogP contribution in [0.1, 0.15) is 36.0 Å². The Morgan fingerprint density at radius 3 is 2.44 bits per heavy atom. The van der Waals surface area contributed by atoms with E-state index < -0.39 is 0 Å². The maximum atomic E-state index is 11.9. The summed E-state index contributed by atoms with van der Waals surface area (Å²) >= 11 is 11.8. The summed E-state index contributed by atoms with van der Waals surface area (Å²) in [6.07, 6.45) is 4.94. The van der Waals surface area contributed by atoms with Gasteiger partial charge in [0.25, 0.3) is 5.91 Å². The van der Waals surface area contributed by atoms with Gasteiger partial charge in [-0.2, -0.15) is 0 Å². The first-order valence-electron chi connectivity index (χ1n) is 6.10. The van der Waals surface area contributed by atoms with Crippen molar-refractivity contribution >= 4 is 34.8 Å². The third kappa shape index (κ3) is 3.09. The monoisotopic (exact) mass is 286 g/mol. The average molecular weight is 287 g/mol. The van der Waals surface area contributed by atoms with Gasteiger partial charge >= 0.3 is 0 Å². The predicted molar refractivity (Wildman–Crippen MR) is 75.2 cm³/mol. The smallest absolute Gasteiger partial charge is 0.251 e. The maximum Gasteiger partial charge on any atom is 0.251 e. The van der Waals surface area contributed by atoms with Crippen LogP contribution in [0.3, 0.4) is 0 Å². The molecule has 1 aromatic rings. The van der Waals surface area contributed by atoms with Gasteiger partial charge in [-0.3, -0.25) is 4.79 Å². The normalized spacial score (nSPS) is 15.2. The Morgan fingerprint density at radius 1 is 1.33 bits per heavy atom. The molecule has 98 valence electrons. The first-order valence-corrected chi connectivity index (χ1v) is 6.86. The fourth-order valence-corrected chi connectivity index (χ4v) is 2.48. The second kappa shape index (κ2) is 5.81. The molecule has 18 heavy (non-hydrogen) atoms. The van der Waals surface area contributed by atoms with Crippen LogP contribution in [0, 0.1) is 5.92 Å². The Bertz CT molecular complexity index is 435. The molecule has 1 aliphatic rings.